The number of rotatable bonds is 8. The molecule has 2 N–H and O–H groups in total. The number of nitrogens with one attached hydrogen (secondary N) is 2. The van der Waals surface area contributed by atoms with Crippen LogP contribution >= 0.6 is 0 Å². The van der Waals surface area contributed by atoms with E-state index < -0.39 is 0 Å². The molecule has 5 heteroatoms. The third kappa shape index (κ3) is 5.67. The van der Waals surface area contributed by atoms with Crippen molar-refractivity contribution in [3.63, 3.8) is 0 Å². The fourth-order valence-corrected chi connectivity index (χ4v) is 1.53. The van der Waals surface area contributed by atoms with Gasteiger partial charge in [-0.2, -0.15) is 0 Å². The van der Waals surface area contributed by atoms with Crippen molar-refractivity contribution in [2.75, 3.05) is 25.0 Å². The quantitative estimate of drug-likeness (QED) is 0.433. The Labute approximate surface area is 119 Å². The van der Waals surface area contributed by atoms with Crippen LogP contribution in [0.25, 0.3) is 0 Å². The molecule has 5 nitrogen and oxygen atoms in total. The Hall–Kier alpha value is -2.14. The van der Waals surface area contributed by atoms with Gasteiger partial charge in [-0.05, 0) is 31.2 Å². The number of benzene rings is 1. The first-order valence-electron chi connectivity index (χ1n) is 6.56. The molecule has 1 aromatic carbocycles. The van der Waals surface area contributed by atoms with Crippen molar-refractivity contribution < 1.29 is 14.3 Å². The third-order valence-electron chi connectivity index (χ3n) is 2.50. The minimum atomic E-state index is -0.362. The summed E-state index contributed by atoms with van der Waals surface area (Å²) in [6.07, 6.45) is 2.12. The lowest BCUT2D eigenvalue weighted by atomic mass is 10.2. The Bertz CT molecular complexity index is 455. The van der Waals surface area contributed by atoms with Gasteiger partial charge < -0.3 is 15.4 Å². The van der Waals surface area contributed by atoms with Gasteiger partial charge in [-0.1, -0.05) is 6.08 Å². The van der Waals surface area contributed by atoms with Crippen LogP contribution in [0.5, 0.6) is 0 Å². The van der Waals surface area contributed by atoms with Crippen LogP contribution in [0.1, 0.15) is 23.7 Å². The highest BCUT2D eigenvalue weighted by molar-refractivity contribution is 5.93. The molecule has 108 valence electrons. The van der Waals surface area contributed by atoms with Gasteiger partial charge in [0.25, 0.3) is 0 Å². The summed E-state index contributed by atoms with van der Waals surface area (Å²) >= 11 is 0. The molecule has 0 spiro atoms. The topological polar surface area (TPSA) is 67.4 Å². The van der Waals surface area contributed by atoms with E-state index in [1.807, 2.05) is 0 Å². The van der Waals surface area contributed by atoms with Crippen molar-refractivity contribution in [2.45, 2.75) is 13.3 Å². The molecule has 20 heavy (non-hydrogen) atoms. The third-order valence-corrected chi connectivity index (χ3v) is 2.50. The summed E-state index contributed by atoms with van der Waals surface area (Å²) < 4.78 is 4.88. The maximum atomic E-state index is 11.6. The fourth-order valence-electron chi connectivity index (χ4n) is 1.53. The highest BCUT2D eigenvalue weighted by Gasteiger charge is 2.06. The first kappa shape index (κ1) is 15.9. The summed E-state index contributed by atoms with van der Waals surface area (Å²) in [4.78, 5) is 23.1. The summed E-state index contributed by atoms with van der Waals surface area (Å²) in [7, 11) is 0. The Morgan fingerprint density at radius 2 is 2.00 bits per heavy atom. The van der Waals surface area contributed by atoms with Gasteiger partial charge in [-0.25, -0.2) is 4.79 Å². The summed E-state index contributed by atoms with van der Waals surface area (Å²) in [5.41, 5.74) is 1.13. The normalized spacial score (nSPS) is 9.85. The van der Waals surface area contributed by atoms with Crippen molar-refractivity contribution >= 4 is 17.6 Å². The smallest absolute Gasteiger partial charge is 0.338 e. The maximum Gasteiger partial charge on any atom is 0.338 e. The predicted octanol–water partition coefficient (Wildman–Crippen LogP) is 1.97. The number of amides is 1. The Morgan fingerprint density at radius 3 is 2.60 bits per heavy atom. The molecule has 0 radical (unpaired) electrons. The molecular formula is C15H20N2O3. The second kappa shape index (κ2) is 8.87. The minimum Gasteiger partial charge on any atom is -0.462 e. The first-order chi connectivity index (χ1) is 9.67. The minimum absolute atomic E-state index is 0.0783. The zero-order chi connectivity index (χ0) is 14.8. The number of esters is 1. The molecule has 1 amide bonds. The molecule has 1 aromatic rings. The van der Waals surface area contributed by atoms with E-state index in [4.69, 9.17) is 4.74 Å². The molecule has 0 saturated carbocycles. The number of carbonyl (C=O) groups is 2. The number of hydrogen-bond acceptors (Lipinski definition) is 4. The first-order valence-corrected chi connectivity index (χ1v) is 6.56. The Balaban J connectivity index is 2.42. The maximum absolute atomic E-state index is 11.6. The summed E-state index contributed by atoms with van der Waals surface area (Å²) in [6, 6.07) is 6.62. The molecule has 0 atom stereocenters. The van der Waals surface area contributed by atoms with Crippen LogP contribution < -0.4 is 10.6 Å². The van der Waals surface area contributed by atoms with E-state index in [1.165, 1.54) is 0 Å². The van der Waals surface area contributed by atoms with Gasteiger partial charge in [0.2, 0.25) is 5.91 Å². The van der Waals surface area contributed by atoms with Crippen LogP contribution in [-0.4, -0.2) is 31.6 Å². The zero-order valence-corrected chi connectivity index (χ0v) is 11.6. The van der Waals surface area contributed by atoms with Gasteiger partial charge in [0.1, 0.15) is 0 Å². The van der Waals surface area contributed by atoms with Crippen molar-refractivity contribution in [1.29, 1.82) is 0 Å². The van der Waals surface area contributed by atoms with E-state index in [-0.39, 0.29) is 11.9 Å². The van der Waals surface area contributed by atoms with E-state index in [1.54, 1.807) is 37.3 Å². The van der Waals surface area contributed by atoms with Gasteiger partial charge >= 0.3 is 5.97 Å². The monoisotopic (exact) mass is 276 g/mol. The van der Waals surface area contributed by atoms with Crippen molar-refractivity contribution in [2.24, 2.45) is 0 Å². The lowest BCUT2D eigenvalue weighted by Crippen LogP contribution is -2.21. The van der Waals surface area contributed by atoms with Gasteiger partial charge in [-0.15, -0.1) is 6.58 Å². The van der Waals surface area contributed by atoms with Crippen LogP contribution in [0, 0.1) is 0 Å². The number of ether oxygens (including phenoxy) is 1. The molecule has 0 fully saturated rings. The summed E-state index contributed by atoms with van der Waals surface area (Å²) in [5.74, 6) is -0.440. The predicted molar refractivity (Wildman–Crippen MR) is 78.7 cm³/mol. The second-order valence-corrected chi connectivity index (χ2v) is 4.09. The summed E-state index contributed by atoms with van der Waals surface area (Å²) in [6.45, 7) is 6.96. The molecular weight excluding hydrogens is 256 g/mol. The van der Waals surface area contributed by atoms with Crippen LogP contribution in [0.2, 0.25) is 0 Å². The second-order valence-electron chi connectivity index (χ2n) is 4.09. The van der Waals surface area contributed by atoms with Crippen LogP contribution in [0.3, 0.4) is 0 Å². The lowest BCUT2D eigenvalue weighted by Gasteiger charge is -2.06. The van der Waals surface area contributed by atoms with E-state index in [9.17, 15) is 9.59 Å². The van der Waals surface area contributed by atoms with E-state index in [0.717, 1.165) is 0 Å². The highest BCUT2D eigenvalue weighted by atomic mass is 16.5. The Kier molecular flexibility index (Phi) is 7.06. The lowest BCUT2D eigenvalue weighted by molar-refractivity contribution is -0.116. The van der Waals surface area contributed by atoms with Crippen LogP contribution in [0.4, 0.5) is 5.69 Å². The van der Waals surface area contributed by atoms with Gasteiger partial charge in [-0.3, -0.25) is 4.79 Å². The zero-order valence-electron chi connectivity index (χ0n) is 11.6. The molecule has 0 aliphatic rings. The van der Waals surface area contributed by atoms with Gasteiger partial charge in [0, 0.05) is 25.2 Å². The molecule has 0 aliphatic heterocycles. The van der Waals surface area contributed by atoms with Crippen molar-refractivity contribution in [3.05, 3.63) is 42.5 Å². The van der Waals surface area contributed by atoms with Gasteiger partial charge in [0.05, 0.1) is 12.2 Å². The standard InChI is InChI=1S/C15H20N2O3/c1-3-10-16-11-9-14(18)17-13-7-5-12(6-8-13)15(19)20-4-2/h3,5-8,16H,1,4,9-11H2,2H3,(H,17,18). The molecule has 0 heterocycles. The number of hydrogen-bond donors (Lipinski definition) is 2. The number of anilines is 1. The molecule has 0 bridgehead atoms. The molecule has 0 saturated heterocycles. The van der Waals surface area contributed by atoms with E-state index in [0.29, 0.717) is 37.4 Å². The molecule has 0 aromatic heterocycles. The van der Waals surface area contributed by atoms with Crippen LogP contribution in [-0.2, 0) is 9.53 Å². The van der Waals surface area contributed by atoms with Crippen molar-refractivity contribution in [1.82, 2.24) is 5.32 Å². The molecule has 0 aliphatic carbocycles. The molecule has 1 rings (SSSR count). The molecule has 0 unspecified atom stereocenters. The van der Waals surface area contributed by atoms with Crippen molar-refractivity contribution in [3.8, 4) is 0 Å². The van der Waals surface area contributed by atoms with E-state index in [2.05, 4.69) is 17.2 Å². The van der Waals surface area contributed by atoms with Gasteiger partial charge in [0.15, 0.2) is 0 Å². The largest absolute Gasteiger partial charge is 0.462 e. The average molecular weight is 276 g/mol. The van der Waals surface area contributed by atoms with E-state index >= 15 is 0 Å². The highest BCUT2D eigenvalue weighted by Crippen LogP contribution is 2.10. The van der Waals surface area contributed by atoms with Crippen LogP contribution in [0.15, 0.2) is 36.9 Å². The summed E-state index contributed by atoms with van der Waals surface area (Å²) in [5, 5.41) is 5.81. The number of carbonyl (C=O) groups excluding carboxylic acids is 2. The average Bonchev–Trinajstić information content (AvgIpc) is 2.45. The SMILES string of the molecule is C=CCNCCC(=O)Nc1ccc(C(=O)OCC)cc1. The fraction of sp³-hybridized carbons (Fsp3) is 0.333. The Morgan fingerprint density at radius 1 is 1.30 bits per heavy atom.